The normalized spacial score (nSPS) is 18.8. The summed E-state index contributed by atoms with van der Waals surface area (Å²) in [4.78, 5) is 0. The fourth-order valence-corrected chi connectivity index (χ4v) is 1.17. The van der Waals surface area contributed by atoms with E-state index in [1.807, 2.05) is 12.1 Å². The Labute approximate surface area is 71.2 Å². The summed E-state index contributed by atoms with van der Waals surface area (Å²) in [6.45, 7) is 2.20. The first-order valence-corrected chi connectivity index (χ1v) is 4.05. The van der Waals surface area contributed by atoms with Gasteiger partial charge in [0.25, 0.3) is 0 Å². The largest absolute Gasteiger partial charge is 0.307 e. The van der Waals surface area contributed by atoms with Crippen LogP contribution in [0.1, 0.15) is 25.5 Å². The highest BCUT2D eigenvalue weighted by Crippen LogP contribution is 2.46. The highest BCUT2D eigenvalue weighted by molar-refractivity contribution is 5.33. The van der Waals surface area contributed by atoms with Gasteiger partial charge in [0, 0.05) is 5.41 Å². The monoisotopic (exact) mass is 164 g/mol. The number of hydrazine groups is 1. The summed E-state index contributed by atoms with van der Waals surface area (Å²) < 4.78 is 0. The van der Waals surface area contributed by atoms with Crippen molar-refractivity contribution in [3.05, 3.63) is 17.8 Å². The van der Waals surface area contributed by atoms with Crippen LogP contribution in [0.5, 0.6) is 0 Å². The standard InChI is InChI=1S/C8H12N4/c1-8(4-5-8)6-2-3-7(10-9)12-11-6/h2-3H,4-5,9H2,1H3,(H,10,12). The number of nitrogen functional groups attached to an aromatic ring is 1. The minimum absolute atomic E-state index is 0.292. The Kier molecular flexibility index (Phi) is 1.51. The zero-order valence-corrected chi connectivity index (χ0v) is 7.04. The Balaban J connectivity index is 2.25. The van der Waals surface area contributed by atoms with Crippen LogP contribution in [-0.2, 0) is 5.41 Å². The van der Waals surface area contributed by atoms with Crippen molar-refractivity contribution < 1.29 is 0 Å². The maximum Gasteiger partial charge on any atom is 0.162 e. The van der Waals surface area contributed by atoms with E-state index in [1.54, 1.807) is 0 Å². The molecule has 0 bridgehead atoms. The van der Waals surface area contributed by atoms with Crippen LogP contribution in [0.2, 0.25) is 0 Å². The van der Waals surface area contributed by atoms with Gasteiger partial charge < -0.3 is 5.43 Å². The number of hydrogen-bond acceptors (Lipinski definition) is 4. The summed E-state index contributed by atoms with van der Waals surface area (Å²) in [6.07, 6.45) is 2.44. The molecule has 0 radical (unpaired) electrons. The molecule has 0 spiro atoms. The molecule has 64 valence electrons. The van der Waals surface area contributed by atoms with Gasteiger partial charge in [0.15, 0.2) is 5.82 Å². The fourth-order valence-electron chi connectivity index (χ4n) is 1.17. The molecule has 0 unspecified atom stereocenters. The third-order valence-electron chi connectivity index (χ3n) is 2.43. The van der Waals surface area contributed by atoms with Crippen LogP contribution >= 0.6 is 0 Å². The molecule has 1 aliphatic carbocycles. The first-order chi connectivity index (χ1) is 5.74. The Hall–Kier alpha value is -1.16. The average Bonchev–Trinajstić information content (AvgIpc) is 2.85. The lowest BCUT2D eigenvalue weighted by atomic mass is 10.1. The van der Waals surface area contributed by atoms with Gasteiger partial charge >= 0.3 is 0 Å². The van der Waals surface area contributed by atoms with Crippen LogP contribution in [0.3, 0.4) is 0 Å². The topological polar surface area (TPSA) is 63.8 Å². The predicted octanol–water partition coefficient (Wildman–Crippen LogP) is 0.814. The van der Waals surface area contributed by atoms with Crippen molar-refractivity contribution in [2.45, 2.75) is 25.2 Å². The van der Waals surface area contributed by atoms with Gasteiger partial charge in [-0.05, 0) is 25.0 Å². The van der Waals surface area contributed by atoms with Crippen molar-refractivity contribution in [2.75, 3.05) is 5.43 Å². The summed E-state index contributed by atoms with van der Waals surface area (Å²) in [5, 5.41) is 8.01. The molecule has 12 heavy (non-hydrogen) atoms. The van der Waals surface area contributed by atoms with E-state index in [-0.39, 0.29) is 0 Å². The van der Waals surface area contributed by atoms with Crippen molar-refractivity contribution in [1.29, 1.82) is 0 Å². The van der Waals surface area contributed by atoms with Gasteiger partial charge in [0.05, 0.1) is 5.69 Å². The van der Waals surface area contributed by atoms with E-state index >= 15 is 0 Å². The van der Waals surface area contributed by atoms with Gasteiger partial charge in [-0.1, -0.05) is 6.92 Å². The third-order valence-corrected chi connectivity index (χ3v) is 2.43. The number of hydrogen-bond donors (Lipinski definition) is 2. The SMILES string of the molecule is CC1(c2ccc(NN)nn2)CC1. The number of nitrogens with two attached hydrogens (primary N) is 1. The van der Waals surface area contributed by atoms with Crippen molar-refractivity contribution in [3.8, 4) is 0 Å². The number of nitrogens with zero attached hydrogens (tertiary/aromatic N) is 2. The molecule has 0 aromatic carbocycles. The van der Waals surface area contributed by atoms with Gasteiger partial charge in [-0.3, -0.25) is 0 Å². The first-order valence-electron chi connectivity index (χ1n) is 4.05. The second-order valence-electron chi connectivity index (χ2n) is 3.51. The second-order valence-corrected chi connectivity index (χ2v) is 3.51. The van der Waals surface area contributed by atoms with Gasteiger partial charge in [-0.2, -0.15) is 5.10 Å². The third kappa shape index (κ3) is 1.14. The maximum atomic E-state index is 5.17. The highest BCUT2D eigenvalue weighted by Gasteiger charge is 2.40. The van der Waals surface area contributed by atoms with Gasteiger partial charge in [-0.15, -0.1) is 5.10 Å². The van der Waals surface area contributed by atoms with Crippen LogP contribution in [0.4, 0.5) is 5.82 Å². The van der Waals surface area contributed by atoms with E-state index in [4.69, 9.17) is 5.84 Å². The number of aromatic nitrogens is 2. The van der Waals surface area contributed by atoms with Crippen LogP contribution < -0.4 is 11.3 Å². The zero-order chi connectivity index (χ0) is 8.60. The lowest BCUT2D eigenvalue weighted by Gasteiger charge is -2.06. The molecule has 0 atom stereocenters. The summed E-state index contributed by atoms with van der Waals surface area (Å²) in [7, 11) is 0. The number of rotatable bonds is 2. The van der Waals surface area contributed by atoms with Crippen molar-refractivity contribution in [3.63, 3.8) is 0 Å². The predicted molar refractivity (Wildman–Crippen MR) is 46.4 cm³/mol. The molecule has 0 amide bonds. The molecule has 3 N–H and O–H groups in total. The molecule has 1 heterocycles. The Morgan fingerprint density at radius 1 is 1.42 bits per heavy atom. The highest BCUT2D eigenvalue weighted by atomic mass is 15.3. The lowest BCUT2D eigenvalue weighted by molar-refractivity contribution is 0.724. The number of nitrogens with one attached hydrogen (secondary N) is 1. The molecule has 4 heteroatoms. The molecule has 4 nitrogen and oxygen atoms in total. The molecule has 0 aliphatic heterocycles. The smallest absolute Gasteiger partial charge is 0.162 e. The molecule has 1 aromatic rings. The molecule has 1 fully saturated rings. The average molecular weight is 164 g/mol. The van der Waals surface area contributed by atoms with E-state index in [1.165, 1.54) is 12.8 Å². The van der Waals surface area contributed by atoms with E-state index in [0.29, 0.717) is 11.2 Å². The van der Waals surface area contributed by atoms with Gasteiger partial charge in [-0.25, -0.2) is 5.84 Å². The van der Waals surface area contributed by atoms with Crippen LogP contribution in [0.25, 0.3) is 0 Å². The van der Waals surface area contributed by atoms with Crippen LogP contribution in [0, 0.1) is 0 Å². The minimum atomic E-state index is 0.292. The molecule has 1 aliphatic rings. The minimum Gasteiger partial charge on any atom is -0.307 e. The second kappa shape index (κ2) is 2.42. The van der Waals surface area contributed by atoms with E-state index in [0.717, 1.165) is 5.69 Å². The molecular weight excluding hydrogens is 152 g/mol. The van der Waals surface area contributed by atoms with E-state index in [9.17, 15) is 0 Å². The Morgan fingerprint density at radius 2 is 2.17 bits per heavy atom. The maximum absolute atomic E-state index is 5.17. The summed E-state index contributed by atoms with van der Waals surface area (Å²) in [6, 6.07) is 3.83. The van der Waals surface area contributed by atoms with Gasteiger partial charge in [0.2, 0.25) is 0 Å². The molecule has 1 aromatic heterocycles. The quantitative estimate of drug-likeness (QED) is 0.501. The zero-order valence-electron chi connectivity index (χ0n) is 7.04. The lowest BCUT2D eigenvalue weighted by Crippen LogP contribution is -2.11. The van der Waals surface area contributed by atoms with Crippen molar-refractivity contribution in [2.24, 2.45) is 5.84 Å². The first kappa shape index (κ1) is 7.49. The van der Waals surface area contributed by atoms with Crippen LogP contribution in [-0.4, -0.2) is 10.2 Å². The number of anilines is 1. The Bertz CT molecular complexity index is 276. The van der Waals surface area contributed by atoms with E-state index in [2.05, 4.69) is 22.5 Å². The van der Waals surface area contributed by atoms with Gasteiger partial charge in [0.1, 0.15) is 0 Å². The molecular formula is C8H12N4. The van der Waals surface area contributed by atoms with E-state index < -0.39 is 0 Å². The summed E-state index contributed by atoms with van der Waals surface area (Å²) in [5.74, 6) is 5.79. The van der Waals surface area contributed by atoms with Crippen molar-refractivity contribution >= 4 is 5.82 Å². The summed E-state index contributed by atoms with van der Waals surface area (Å²) in [5.41, 5.74) is 3.82. The molecule has 0 saturated heterocycles. The van der Waals surface area contributed by atoms with Crippen molar-refractivity contribution in [1.82, 2.24) is 10.2 Å². The molecule has 2 rings (SSSR count). The fraction of sp³-hybridized carbons (Fsp3) is 0.500. The Morgan fingerprint density at radius 3 is 2.58 bits per heavy atom. The van der Waals surface area contributed by atoms with Crippen LogP contribution in [0.15, 0.2) is 12.1 Å². The summed E-state index contributed by atoms with van der Waals surface area (Å²) >= 11 is 0. The molecule has 1 saturated carbocycles.